The smallest absolute Gasteiger partial charge is 0.263 e. The maximum atomic E-state index is 11.7. The number of para-hydroxylation sites is 1. The van der Waals surface area contributed by atoms with Crippen LogP contribution in [-0.4, -0.2) is 17.5 Å². The lowest BCUT2D eigenvalue weighted by atomic mass is 10.2. The Kier molecular flexibility index (Phi) is 4.73. The van der Waals surface area contributed by atoms with E-state index in [4.69, 9.17) is 4.74 Å². The molecule has 0 fully saturated rings. The molecule has 0 radical (unpaired) electrons. The monoisotopic (exact) mass is 368 g/mol. The molecule has 1 amide bonds. The lowest BCUT2D eigenvalue weighted by Crippen LogP contribution is -2.20. The van der Waals surface area contributed by atoms with Crippen LogP contribution in [0.3, 0.4) is 0 Å². The minimum Gasteiger partial charge on any atom is -0.483 e. The number of hydrogen-bond donors (Lipinski definition) is 1. The average molecular weight is 368 g/mol. The summed E-state index contributed by atoms with van der Waals surface area (Å²) in [7, 11) is 0. The lowest BCUT2D eigenvalue weighted by Gasteiger charge is -2.08. The van der Waals surface area contributed by atoms with E-state index in [1.807, 2.05) is 37.3 Å². The molecule has 0 spiro atoms. The summed E-state index contributed by atoms with van der Waals surface area (Å²) in [6.07, 6.45) is 1.69. The molecule has 2 aromatic rings. The molecule has 0 unspecified atom stereocenters. The van der Waals surface area contributed by atoms with Crippen LogP contribution in [-0.2, 0) is 4.79 Å². The van der Waals surface area contributed by atoms with Gasteiger partial charge < -0.3 is 10.1 Å². The van der Waals surface area contributed by atoms with Gasteiger partial charge >= 0.3 is 0 Å². The number of pyridine rings is 1. The Bertz CT molecular complexity index is 570. The molecule has 0 saturated heterocycles. The fourth-order valence-electron chi connectivity index (χ4n) is 1.49. The first-order chi connectivity index (χ1) is 9.15. The topological polar surface area (TPSA) is 51.2 Å². The van der Waals surface area contributed by atoms with Crippen molar-refractivity contribution in [1.29, 1.82) is 0 Å². The second-order valence-corrected chi connectivity index (χ2v) is 5.21. The molecule has 1 N–H and O–H groups in total. The molecule has 19 heavy (non-hydrogen) atoms. The van der Waals surface area contributed by atoms with Crippen LogP contribution in [0.25, 0.3) is 0 Å². The van der Waals surface area contributed by atoms with Crippen LogP contribution in [0.1, 0.15) is 5.56 Å². The Labute approximate surface area is 125 Å². The van der Waals surface area contributed by atoms with Gasteiger partial charge in [0.1, 0.15) is 11.6 Å². The highest BCUT2D eigenvalue weighted by Gasteiger charge is 2.05. The summed E-state index contributed by atoms with van der Waals surface area (Å²) in [6, 6.07) is 11.2. The first kappa shape index (κ1) is 13.8. The van der Waals surface area contributed by atoms with E-state index in [1.165, 1.54) is 0 Å². The molecule has 1 aromatic heterocycles. The minimum atomic E-state index is -0.225. The Balaban J connectivity index is 1.88. The first-order valence-electron chi connectivity index (χ1n) is 5.75. The van der Waals surface area contributed by atoms with Gasteiger partial charge in [-0.3, -0.25) is 4.79 Å². The summed E-state index contributed by atoms with van der Waals surface area (Å²) >= 11 is 2.16. The summed E-state index contributed by atoms with van der Waals surface area (Å²) < 4.78 is 6.47. The van der Waals surface area contributed by atoms with Crippen LogP contribution >= 0.6 is 22.6 Å². The van der Waals surface area contributed by atoms with E-state index < -0.39 is 0 Å². The van der Waals surface area contributed by atoms with Gasteiger partial charge in [0.25, 0.3) is 5.91 Å². The molecule has 0 aliphatic rings. The molecular weight excluding hydrogens is 355 g/mol. The van der Waals surface area contributed by atoms with Crippen molar-refractivity contribution in [3.05, 3.63) is 51.7 Å². The number of anilines is 1. The maximum absolute atomic E-state index is 11.7. The number of aryl methyl sites for hydroxylation is 1. The number of benzene rings is 1. The van der Waals surface area contributed by atoms with E-state index in [0.29, 0.717) is 11.6 Å². The summed E-state index contributed by atoms with van der Waals surface area (Å²) in [5.41, 5.74) is 1.00. The van der Waals surface area contributed by atoms with E-state index in [2.05, 4.69) is 32.9 Å². The Hall–Kier alpha value is -1.63. The fraction of sp³-hybridized carbons (Fsp3) is 0.143. The lowest BCUT2D eigenvalue weighted by molar-refractivity contribution is -0.118. The zero-order valence-corrected chi connectivity index (χ0v) is 12.5. The summed E-state index contributed by atoms with van der Waals surface area (Å²) in [5, 5.41) is 2.68. The van der Waals surface area contributed by atoms with Crippen molar-refractivity contribution in [2.75, 3.05) is 11.9 Å². The van der Waals surface area contributed by atoms with Gasteiger partial charge in [-0.15, -0.1) is 0 Å². The standard InChI is InChI=1S/C14H13IN2O2/c1-10-4-2-3-5-12(10)19-9-14(18)17-13-7-6-11(15)8-16-13/h2-8H,9H2,1H3,(H,16,17,18). The number of amides is 1. The van der Waals surface area contributed by atoms with Crippen LogP contribution in [0, 0.1) is 10.5 Å². The van der Waals surface area contributed by atoms with Gasteiger partial charge in [0, 0.05) is 9.77 Å². The molecule has 0 bridgehead atoms. The van der Waals surface area contributed by atoms with Crippen LogP contribution in [0.2, 0.25) is 0 Å². The van der Waals surface area contributed by atoms with Crippen LogP contribution in [0.4, 0.5) is 5.82 Å². The summed E-state index contributed by atoms with van der Waals surface area (Å²) in [4.78, 5) is 15.8. The number of aromatic nitrogens is 1. The van der Waals surface area contributed by atoms with E-state index in [0.717, 1.165) is 9.13 Å². The molecule has 1 heterocycles. The van der Waals surface area contributed by atoms with Gasteiger partial charge in [-0.25, -0.2) is 4.98 Å². The molecule has 0 saturated carbocycles. The second-order valence-electron chi connectivity index (χ2n) is 3.96. The number of carbonyl (C=O) groups is 1. The minimum absolute atomic E-state index is 0.0292. The predicted molar refractivity (Wildman–Crippen MR) is 82.3 cm³/mol. The van der Waals surface area contributed by atoms with Gasteiger partial charge in [-0.05, 0) is 53.3 Å². The summed E-state index contributed by atoms with van der Waals surface area (Å²) in [5.74, 6) is 1.02. The van der Waals surface area contributed by atoms with Crippen molar-refractivity contribution in [1.82, 2.24) is 4.98 Å². The number of nitrogens with one attached hydrogen (secondary N) is 1. The zero-order valence-electron chi connectivity index (χ0n) is 10.4. The highest BCUT2D eigenvalue weighted by Crippen LogP contribution is 2.16. The van der Waals surface area contributed by atoms with Crippen molar-refractivity contribution < 1.29 is 9.53 Å². The van der Waals surface area contributed by atoms with Crippen molar-refractivity contribution in [2.24, 2.45) is 0 Å². The van der Waals surface area contributed by atoms with Crippen molar-refractivity contribution in [3.8, 4) is 5.75 Å². The molecule has 5 heteroatoms. The van der Waals surface area contributed by atoms with E-state index in [1.54, 1.807) is 12.3 Å². The van der Waals surface area contributed by atoms with Gasteiger partial charge in [0.05, 0.1) is 0 Å². The molecule has 2 rings (SSSR count). The number of carbonyl (C=O) groups excluding carboxylic acids is 1. The maximum Gasteiger partial charge on any atom is 0.263 e. The number of halogens is 1. The predicted octanol–water partition coefficient (Wildman–Crippen LogP) is 3.01. The van der Waals surface area contributed by atoms with Crippen molar-refractivity contribution in [2.45, 2.75) is 6.92 Å². The molecule has 98 valence electrons. The van der Waals surface area contributed by atoms with Crippen LogP contribution < -0.4 is 10.1 Å². The number of rotatable bonds is 4. The van der Waals surface area contributed by atoms with Gasteiger partial charge in [0.15, 0.2) is 6.61 Å². The number of hydrogen-bond acceptors (Lipinski definition) is 3. The first-order valence-corrected chi connectivity index (χ1v) is 6.83. The van der Waals surface area contributed by atoms with E-state index >= 15 is 0 Å². The average Bonchev–Trinajstić information content (AvgIpc) is 2.40. The highest BCUT2D eigenvalue weighted by molar-refractivity contribution is 14.1. The van der Waals surface area contributed by atoms with Gasteiger partial charge in [-0.2, -0.15) is 0 Å². The third-order valence-electron chi connectivity index (χ3n) is 2.45. The number of nitrogens with zero attached hydrogens (tertiary/aromatic N) is 1. The molecule has 1 aromatic carbocycles. The largest absolute Gasteiger partial charge is 0.483 e. The van der Waals surface area contributed by atoms with Crippen molar-refractivity contribution >= 4 is 34.3 Å². The van der Waals surface area contributed by atoms with Gasteiger partial charge in [-0.1, -0.05) is 18.2 Å². The summed E-state index contributed by atoms with van der Waals surface area (Å²) in [6.45, 7) is 1.91. The molecule has 0 aliphatic carbocycles. The fourth-order valence-corrected chi connectivity index (χ4v) is 1.81. The zero-order chi connectivity index (χ0) is 13.7. The van der Waals surface area contributed by atoms with E-state index in [9.17, 15) is 4.79 Å². The second kappa shape index (κ2) is 6.51. The quantitative estimate of drug-likeness (QED) is 0.845. The van der Waals surface area contributed by atoms with Crippen LogP contribution in [0.5, 0.6) is 5.75 Å². The Morgan fingerprint density at radius 1 is 1.32 bits per heavy atom. The van der Waals surface area contributed by atoms with Crippen LogP contribution in [0.15, 0.2) is 42.6 Å². The highest BCUT2D eigenvalue weighted by atomic mass is 127. The Morgan fingerprint density at radius 3 is 2.79 bits per heavy atom. The molecule has 0 aliphatic heterocycles. The molecule has 4 nitrogen and oxygen atoms in total. The molecular formula is C14H13IN2O2. The number of ether oxygens (including phenoxy) is 1. The third-order valence-corrected chi connectivity index (χ3v) is 3.09. The normalized spacial score (nSPS) is 10.0. The SMILES string of the molecule is Cc1ccccc1OCC(=O)Nc1ccc(I)cn1. The van der Waals surface area contributed by atoms with Crippen molar-refractivity contribution in [3.63, 3.8) is 0 Å². The third kappa shape index (κ3) is 4.20. The Morgan fingerprint density at radius 2 is 2.11 bits per heavy atom. The van der Waals surface area contributed by atoms with E-state index in [-0.39, 0.29) is 12.5 Å². The van der Waals surface area contributed by atoms with Gasteiger partial charge in [0.2, 0.25) is 0 Å². The molecule has 0 atom stereocenters.